The normalized spacial score (nSPS) is 10.9. The van der Waals surface area contributed by atoms with Gasteiger partial charge >= 0.3 is 0 Å². The first kappa shape index (κ1) is 17.2. The minimum Gasteiger partial charge on any atom is -0.322 e. The molecule has 0 saturated carbocycles. The van der Waals surface area contributed by atoms with Crippen molar-refractivity contribution in [1.82, 2.24) is 19.6 Å². The largest absolute Gasteiger partial charge is 0.322 e. The Hall–Kier alpha value is -3.26. The molecule has 0 saturated heterocycles. The molecule has 134 valence electrons. The summed E-state index contributed by atoms with van der Waals surface area (Å²) in [6, 6.07) is 9.65. The number of hydrogen-bond donors (Lipinski definition) is 1. The van der Waals surface area contributed by atoms with Gasteiger partial charge in [-0.1, -0.05) is 16.6 Å². The van der Waals surface area contributed by atoms with Crippen molar-refractivity contribution in [2.45, 2.75) is 13.8 Å². The van der Waals surface area contributed by atoms with Crippen LogP contribution in [0, 0.1) is 19.7 Å². The number of aromatic nitrogens is 4. The molecule has 27 heavy (non-hydrogen) atoms. The van der Waals surface area contributed by atoms with Crippen molar-refractivity contribution in [2.75, 3.05) is 5.32 Å². The molecule has 0 radical (unpaired) electrons. The molecule has 0 aliphatic heterocycles. The molecule has 2 aromatic heterocycles. The molecule has 4 rings (SSSR count). The summed E-state index contributed by atoms with van der Waals surface area (Å²) in [6.45, 7) is 3.60. The van der Waals surface area contributed by atoms with Crippen LogP contribution in [0.25, 0.3) is 22.3 Å². The van der Waals surface area contributed by atoms with Crippen LogP contribution in [0.4, 0.5) is 10.1 Å². The van der Waals surface area contributed by atoms with E-state index in [0.29, 0.717) is 28.1 Å². The predicted molar refractivity (Wildman–Crippen MR) is 102 cm³/mol. The zero-order valence-electron chi connectivity index (χ0n) is 14.5. The van der Waals surface area contributed by atoms with Crippen molar-refractivity contribution in [2.24, 2.45) is 0 Å². The van der Waals surface area contributed by atoms with E-state index < -0.39 is 11.7 Å². The molecule has 8 heteroatoms. The number of halogens is 1. The molecule has 0 spiro atoms. The summed E-state index contributed by atoms with van der Waals surface area (Å²) in [5.74, 6) is -0.975. The molecular weight excluding hydrogens is 365 g/mol. The zero-order chi connectivity index (χ0) is 19.0. The van der Waals surface area contributed by atoms with Crippen molar-refractivity contribution >= 4 is 34.2 Å². The Bertz CT molecular complexity index is 1140. The van der Waals surface area contributed by atoms with Gasteiger partial charge in [0.15, 0.2) is 0 Å². The van der Waals surface area contributed by atoms with E-state index in [4.69, 9.17) is 0 Å². The van der Waals surface area contributed by atoms with Crippen molar-refractivity contribution in [1.29, 1.82) is 0 Å². The first-order valence-electron chi connectivity index (χ1n) is 8.14. The average molecular weight is 379 g/mol. The molecule has 0 aliphatic carbocycles. The van der Waals surface area contributed by atoms with Crippen molar-refractivity contribution < 1.29 is 9.18 Å². The lowest BCUT2D eigenvalue weighted by molar-refractivity contribution is 0.102. The Morgan fingerprint density at radius 1 is 1.07 bits per heavy atom. The van der Waals surface area contributed by atoms with E-state index in [2.05, 4.69) is 24.9 Å². The highest BCUT2D eigenvalue weighted by Crippen LogP contribution is 2.23. The van der Waals surface area contributed by atoms with Crippen LogP contribution in [-0.4, -0.2) is 25.5 Å². The van der Waals surface area contributed by atoms with Crippen molar-refractivity contribution in [3.8, 4) is 11.3 Å². The van der Waals surface area contributed by atoms with E-state index in [1.807, 2.05) is 17.5 Å². The summed E-state index contributed by atoms with van der Waals surface area (Å²) in [7, 11) is 0. The Morgan fingerprint density at radius 2 is 1.81 bits per heavy atom. The fraction of sp³-hybridized carbons (Fsp3) is 0.105. The third-order valence-electron chi connectivity index (χ3n) is 4.19. The number of amides is 1. The molecule has 6 nitrogen and oxygen atoms in total. The quantitative estimate of drug-likeness (QED) is 0.578. The van der Waals surface area contributed by atoms with Gasteiger partial charge in [-0.3, -0.25) is 4.79 Å². The molecule has 0 fully saturated rings. The molecule has 4 aromatic rings. The Kier molecular flexibility index (Phi) is 4.33. The monoisotopic (exact) mass is 379 g/mol. The SMILES string of the molecule is Cc1nc2cc(F)cc(C(=O)Nc3ccc(-c4csnn4)cc3)c2nc1C. The average Bonchev–Trinajstić information content (AvgIpc) is 3.18. The van der Waals surface area contributed by atoms with E-state index in [1.54, 1.807) is 26.0 Å². The van der Waals surface area contributed by atoms with Crippen LogP contribution in [0.15, 0.2) is 41.8 Å². The summed E-state index contributed by atoms with van der Waals surface area (Å²) in [5, 5.41) is 8.63. The van der Waals surface area contributed by atoms with Gasteiger partial charge in [0, 0.05) is 22.7 Å². The first-order valence-corrected chi connectivity index (χ1v) is 8.98. The van der Waals surface area contributed by atoms with Gasteiger partial charge < -0.3 is 5.32 Å². The van der Waals surface area contributed by atoms with Crippen LogP contribution in [-0.2, 0) is 0 Å². The van der Waals surface area contributed by atoms with Gasteiger partial charge in [-0.15, -0.1) is 5.10 Å². The Labute approximate surface area is 158 Å². The van der Waals surface area contributed by atoms with Crippen LogP contribution < -0.4 is 5.32 Å². The summed E-state index contributed by atoms with van der Waals surface area (Å²) in [4.78, 5) is 21.5. The number of carbonyl (C=O) groups excluding carboxylic acids is 1. The van der Waals surface area contributed by atoms with Gasteiger partial charge in [-0.05, 0) is 43.6 Å². The summed E-state index contributed by atoms with van der Waals surface area (Å²) < 4.78 is 17.8. The summed E-state index contributed by atoms with van der Waals surface area (Å²) in [6.07, 6.45) is 0. The number of fused-ring (bicyclic) bond motifs is 1. The van der Waals surface area contributed by atoms with E-state index in [-0.39, 0.29) is 5.56 Å². The van der Waals surface area contributed by atoms with Crippen molar-refractivity contribution in [3.63, 3.8) is 0 Å². The van der Waals surface area contributed by atoms with Crippen LogP contribution >= 0.6 is 11.5 Å². The first-order chi connectivity index (χ1) is 13.0. The van der Waals surface area contributed by atoms with Gasteiger partial charge in [0.1, 0.15) is 17.0 Å². The highest BCUT2D eigenvalue weighted by Gasteiger charge is 2.16. The molecule has 2 aromatic carbocycles. The zero-order valence-corrected chi connectivity index (χ0v) is 15.3. The minimum absolute atomic E-state index is 0.147. The topological polar surface area (TPSA) is 80.7 Å². The molecule has 0 aliphatic rings. The van der Waals surface area contributed by atoms with E-state index in [9.17, 15) is 9.18 Å². The lowest BCUT2D eigenvalue weighted by atomic mass is 10.1. The van der Waals surface area contributed by atoms with Crippen LogP contribution in [0.3, 0.4) is 0 Å². The molecule has 1 N–H and O–H groups in total. The van der Waals surface area contributed by atoms with Gasteiger partial charge in [-0.25, -0.2) is 14.4 Å². The maximum Gasteiger partial charge on any atom is 0.258 e. The second kappa shape index (κ2) is 6.81. The van der Waals surface area contributed by atoms with Crippen LogP contribution in [0.5, 0.6) is 0 Å². The Morgan fingerprint density at radius 3 is 2.52 bits per heavy atom. The number of rotatable bonds is 3. The van der Waals surface area contributed by atoms with E-state index >= 15 is 0 Å². The fourth-order valence-corrected chi connectivity index (χ4v) is 3.15. The van der Waals surface area contributed by atoms with Gasteiger partial charge in [0.2, 0.25) is 0 Å². The number of carbonyl (C=O) groups is 1. The number of nitrogens with one attached hydrogen (secondary N) is 1. The second-order valence-electron chi connectivity index (χ2n) is 6.04. The number of benzene rings is 2. The number of hydrogen-bond acceptors (Lipinski definition) is 6. The fourth-order valence-electron chi connectivity index (χ4n) is 2.68. The summed E-state index contributed by atoms with van der Waals surface area (Å²) in [5.41, 5.74) is 4.53. The highest BCUT2D eigenvalue weighted by atomic mass is 32.1. The van der Waals surface area contributed by atoms with Crippen molar-refractivity contribution in [3.05, 3.63) is 64.5 Å². The smallest absolute Gasteiger partial charge is 0.258 e. The third-order valence-corrected chi connectivity index (χ3v) is 4.69. The molecule has 2 heterocycles. The van der Waals surface area contributed by atoms with E-state index in [1.165, 1.54) is 23.7 Å². The lowest BCUT2D eigenvalue weighted by Crippen LogP contribution is -2.14. The van der Waals surface area contributed by atoms with Gasteiger partial charge in [0.25, 0.3) is 5.91 Å². The molecular formula is C19H14FN5OS. The van der Waals surface area contributed by atoms with Crippen LogP contribution in [0.2, 0.25) is 0 Å². The predicted octanol–water partition coefficient (Wildman–Crippen LogP) is 4.16. The summed E-state index contributed by atoms with van der Waals surface area (Å²) >= 11 is 1.27. The lowest BCUT2D eigenvalue weighted by Gasteiger charge is -2.10. The Balaban J connectivity index is 1.66. The highest BCUT2D eigenvalue weighted by molar-refractivity contribution is 7.03. The third kappa shape index (κ3) is 3.39. The maximum absolute atomic E-state index is 14.0. The minimum atomic E-state index is -0.531. The number of anilines is 1. The van der Waals surface area contributed by atoms with Gasteiger partial charge in [0.05, 0.1) is 22.5 Å². The maximum atomic E-state index is 14.0. The molecule has 1 amide bonds. The van der Waals surface area contributed by atoms with Gasteiger partial charge in [-0.2, -0.15) is 0 Å². The number of aryl methyl sites for hydroxylation is 2. The molecule has 0 atom stereocenters. The van der Waals surface area contributed by atoms with Crippen LogP contribution in [0.1, 0.15) is 21.7 Å². The molecule has 0 unspecified atom stereocenters. The molecule has 0 bridgehead atoms. The van der Waals surface area contributed by atoms with E-state index in [0.717, 1.165) is 11.3 Å². The standard InChI is InChI=1S/C19H14FN5OS/c1-10-11(2)22-18-15(7-13(20)8-16(18)21-10)19(26)23-14-5-3-12(4-6-14)17-9-27-25-24-17/h3-9H,1-2H3,(H,23,26). The second-order valence-corrected chi connectivity index (χ2v) is 6.65. The number of nitrogens with zero attached hydrogens (tertiary/aromatic N) is 4.